The van der Waals surface area contributed by atoms with E-state index in [9.17, 15) is 9.90 Å². The zero-order valence-corrected chi connectivity index (χ0v) is 10.9. The molecule has 1 aliphatic heterocycles. The molecule has 0 atom stereocenters. The smallest absolute Gasteiger partial charge is 0.233 e. The number of nitrogens with zero attached hydrogens (tertiary/aromatic N) is 1. The third-order valence-electron chi connectivity index (χ3n) is 4.16. The summed E-state index contributed by atoms with van der Waals surface area (Å²) in [6.45, 7) is 0.961. The molecule has 3 rings (SSSR count). The van der Waals surface area contributed by atoms with Gasteiger partial charge in [-0.2, -0.15) is 0 Å². The standard InChI is InChI=1S/C14H16ClNO2/c15-11-4-2-10(3-5-11)14(6-1-7-14)13(18)16-8-12(17)9-16/h2-5,12,17H,1,6-9H2. The molecule has 0 unspecified atom stereocenters. The number of aliphatic hydroxyl groups is 1. The summed E-state index contributed by atoms with van der Waals surface area (Å²) >= 11 is 5.89. The van der Waals surface area contributed by atoms with Crippen LogP contribution in [0.25, 0.3) is 0 Å². The first-order valence-electron chi connectivity index (χ1n) is 6.35. The number of carbonyl (C=O) groups excluding carboxylic acids is 1. The van der Waals surface area contributed by atoms with Gasteiger partial charge >= 0.3 is 0 Å². The number of halogens is 1. The first-order chi connectivity index (χ1) is 8.62. The Kier molecular flexibility index (Phi) is 2.83. The number of hydrogen-bond donors (Lipinski definition) is 1. The molecule has 1 aliphatic carbocycles. The van der Waals surface area contributed by atoms with Gasteiger partial charge in [0.05, 0.1) is 11.5 Å². The van der Waals surface area contributed by atoms with E-state index in [1.807, 2.05) is 24.3 Å². The van der Waals surface area contributed by atoms with Gasteiger partial charge in [0.2, 0.25) is 5.91 Å². The summed E-state index contributed by atoms with van der Waals surface area (Å²) in [5.41, 5.74) is 0.703. The maximum Gasteiger partial charge on any atom is 0.233 e. The summed E-state index contributed by atoms with van der Waals surface area (Å²) in [6.07, 6.45) is 2.56. The molecule has 18 heavy (non-hydrogen) atoms. The van der Waals surface area contributed by atoms with Crippen molar-refractivity contribution in [1.82, 2.24) is 4.90 Å². The third kappa shape index (κ3) is 1.73. The van der Waals surface area contributed by atoms with Gasteiger partial charge in [-0.1, -0.05) is 30.2 Å². The summed E-state index contributed by atoms with van der Waals surface area (Å²) in [5, 5.41) is 10.0. The number of benzene rings is 1. The summed E-state index contributed by atoms with van der Waals surface area (Å²) in [6, 6.07) is 7.59. The molecule has 1 aromatic rings. The molecule has 1 heterocycles. The summed E-state index contributed by atoms with van der Waals surface area (Å²) in [5.74, 6) is 0.168. The van der Waals surface area contributed by atoms with E-state index in [2.05, 4.69) is 0 Å². The Hall–Kier alpha value is -1.06. The van der Waals surface area contributed by atoms with Crippen molar-refractivity contribution in [1.29, 1.82) is 0 Å². The second-order valence-corrected chi connectivity index (χ2v) is 5.74. The Morgan fingerprint density at radius 3 is 2.33 bits per heavy atom. The molecule has 1 saturated heterocycles. The molecule has 1 amide bonds. The van der Waals surface area contributed by atoms with E-state index in [0.717, 1.165) is 24.8 Å². The minimum absolute atomic E-state index is 0.168. The topological polar surface area (TPSA) is 40.5 Å². The predicted octanol–water partition coefficient (Wildman–Crippen LogP) is 1.96. The maximum atomic E-state index is 12.5. The average molecular weight is 266 g/mol. The Bertz CT molecular complexity index is 461. The van der Waals surface area contributed by atoms with Crippen molar-refractivity contribution < 1.29 is 9.90 Å². The van der Waals surface area contributed by atoms with Gasteiger partial charge in [0, 0.05) is 18.1 Å². The van der Waals surface area contributed by atoms with Crippen molar-refractivity contribution >= 4 is 17.5 Å². The van der Waals surface area contributed by atoms with E-state index in [1.54, 1.807) is 4.90 Å². The van der Waals surface area contributed by atoms with Crippen LogP contribution in [-0.2, 0) is 10.2 Å². The molecule has 1 aromatic carbocycles. The lowest BCUT2D eigenvalue weighted by molar-refractivity contribution is -0.151. The normalized spacial score (nSPS) is 22.2. The van der Waals surface area contributed by atoms with E-state index >= 15 is 0 Å². The van der Waals surface area contributed by atoms with Crippen LogP contribution in [0.15, 0.2) is 24.3 Å². The summed E-state index contributed by atoms with van der Waals surface area (Å²) in [7, 11) is 0. The fraction of sp³-hybridized carbons (Fsp3) is 0.500. The molecular weight excluding hydrogens is 250 g/mol. The van der Waals surface area contributed by atoms with Crippen molar-refractivity contribution in [3.63, 3.8) is 0 Å². The van der Waals surface area contributed by atoms with Gasteiger partial charge in [-0.05, 0) is 30.5 Å². The molecule has 3 nitrogen and oxygen atoms in total. The molecular formula is C14H16ClNO2. The van der Waals surface area contributed by atoms with Crippen molar-refractivity contribution in [2.24, 2.45) is 0 Å². The SMILES string of the molecule is O=C(N1CC(O)C1)C1(c2ccc(Cl)cc2)CCC1. The number of carbonyl (C=O) groups is 1. The highest BCUT2D eigenvalue weighted by atomic mass is 35.5. The predicted molar refractivity (Wildman–Crippen MR) is 69.6 cm³/mol. The number of β-amino-alcohol motifs (C(OH)–C–C–N with tert-alkyl or cyclic N) is 1. The third-order valence-corrected chi connectivity index (χ3v) is 4.41. The Labute approximate surface area is 111 Å². The van der Waals surface area contributed by atoms with E-state index in [4.69, 9.17) is 11.6 Å². The van der Waals surface area contributed by atoms with E-state index in [1.165, 1.54) is 0 Å². The number of aliphatic hydroxyl groups excluding tert-OH is 1. The average Bonchev–Trinajstić information content (AvgIpc) is 2.26. The van der Waals surface area contributed by atoms with E-state index in [-0.39, 0.29) is 17.4 Å². The van der Waals surface area contributed by atoms with Crippen molar-refractivity contribution in [2.45, 2.75) is 30.8 Å². The minimum atomic E-state index is -0.356. The quantitative estimate of drug-likeness (QED) is 0.888. The van der Waals surface area contributed by atoms with Gasteiger partial charge in [-0.3, -0.25) is 4.79 Å². The molecule has 2 fully saturated rings. The molecule has 4 heteroatoms. The van der Waals surface area contributed by atoms with E-state index < -0.39 is 0 Å². The second kappa shape index (κ2) is 4.25. The molecule has 0 spiro atoms. The highest BCUT2D eigenvalue weighted by molar-refractivity contribution is 6.30. The highest BCUT2D eigenvalue weighted by Crippen LogP contribution is 2.46. The van der Waals surface area contributed by atoms with Crippen LogP contribution in [0.4, 0.5) is 0 Å². The molecule has 96 valence electrons. The number of rotatable bonds is 2. The summed E-state index contributed by atoms with van der Waals surface area (Å²) < 4.78 is 0. The molecule has 1 N–H and O–H groups in total. The lowest BCUT2D eigenvalue weighted by Gasteiger charge is -2.47. The zero-order valence-electron chi connectivity index (χ0n) is 10.1. The zero-order chi connectivity index (χ0) is 12.8. The Morgan fingerprint density at radius 1 is 1.28 bits per heavy atom. The van der Waals surface area contributed by atoms with Gasteiger partial charge in [-0.25, -0.2) is 0 Å². The Balaban J connectivity index is 1.85. The van der Waals surface area contributed by atoms with Crippen LogP contribution in [0.3, 0.4) is 0 Å². The van der Waals surface area contributed by atoms with Crippen LogP contribution in [0.1, 0.15) is 24.8 Å². The molecule has 0 bridgehead atoms. The van der Waals surface area contributed by atoms with Crippen LogP contribution in [0, 0.1) is 0 Å². The molecule has 1 saturated carbocycles. The van der Waals surface area contributed by atoms with Crippen LogP contribution < -0.4 is 0 Å². The fourth-order valence-electron chi connectivity index (χ4n) is 2.85. The second-order valence-electron chi connectivity index (χ2n) is 5.31. The van der Waals surface area contributed by atoms with E-state index in [0.29, 0.717) is 18.1 Å². The van der Waals surface area contributed by atoms with Crippen molar-refractivity contribution in [3.8, 4) is 0 Å². The fourth-order valence-corrected chi connectivity index (χ4v) is 2.98. The number of hydrogen-bond acceptors (Lipinski definition) is 2. The Morgan fingerprint density at radius 2 is 1.89 bits per heavy atom. The number of amides is 1. The van der Waals surface area contributed by atoms with Gasteiger partial charge in [0.25, 0.3) is 0 Å². The highest BCUT2D eigenvalue weighted by Gasteiger charge is 2.49. The first-order valence-corrected chi connectivity index (χ1v) is 6.73. The lowest BCUT2D eigenvalue weighted by Crippen LogP contribution is -2.60. The summed E-state index contributed by atoms with van der Waals surface area (Å²) in [4.78, 5) is 14.3. The van der Waals surface area contributed by atoms with Crippen molar-refractivity contribution in [2.75, 3.05) is 13.1 Å². The van der Waals surface area contributed by atoms with Crippen LogP contribution >= 0.6 is 11.6 Å². The minimum Gasteiger partial charge on any atom is -0.389 e. The van der Waals surface area contributed by atoms with Gasteiger partial charge in [-0.15, -0.1) is 0 Å². The monoisotopic (exact) mass is 265 g/mol. The van der Waals surface area contributed by atoms with Gasteiger partial charge in [0.15, 0.2) is 0 Å². The molecule has 0 aromatic heterocycles. The number of likely N-dealkylation sites (tertiary alicyclic amines) is 1. The maximum absolute atomic E-state index is 12.5. The van der Waals surface area contributed by atoms with Crippen molar-refractivity contribution in [3.05, 3.63) is 34.9 Å². The largest absolute Gasteiger partial charge is 0.389 e. The van der Waals surface area contributed by atoms with Gasteiger partial charge in [0.1, 0.15) is 0 Å². The van der Waals surface area contributed by atoms with Crippen LogP contribution in [0.5, 0.6) is 0 Å². The first kappa shape index (κ1) is 12.0. The molecule has 0 radical (unpaired) electrons. The van der Waals surface area contributed by atoms with Crippen LogP contribution in [-0.4, -0.2) is 35.1 Å². The van der Waals surface area contributed by atoms with Gasteiger partial charge < -0.3 is 10.0 Å². The molecule has 2 aliphatic rings. The van der Waals surface area contributed by atoms with Crippen LogP contribution in [0.2, 0.25) is 5.02 Å². The lowest BCUT2D eigenvalue weighted by atomic mass is 9.63.